The fraction of sp³-hybridized carbons (Fsp3) is 0.583. The first-order chi connectivity index (χ1) is 9.47. The Morgan fingerprint density at radius 1 is 1.25 bits per heavy atom. The summed E-state index contributed by atoms with van der Waals surface area (Å²) in [5.41, 5.74) is 0.585. The lowest BCUT2D eigenvalue weighted by molar-refractivity contribution is -0.145. The molecular formula is C12H13F3N4S. The van der Waals surface area contributed by atoms with Gasteiger partial charge in [0, 0.05) is 17.1 Å². The number of hydrogen-bond acceptors (Lipinski definition) is 4. The highest BCUT2D eigenvalue weighted by atomic mass is 32.2. The minimum Gasteiger partial charge on any atom is -0.272 e. The number of nitrogens with zero attached hydrogens (tertiary/aromatic N) is 4. The second kappa shape index (κ2) is 4.91. The molecule has 108 valence electrons. The van der Waals surface area contributed by atoms with Crippen LogP contribution in [0.2, 0.25) is 0 Å². The number of rotatable bonds is 2. The average molecular weight is 302 g/mol. The molecule has 1 fully saturated rings. The van der Waals surface area contributed by atoms with Crippen LogP contribution in [0.5, 0.6) is 0 Å². The fourth-order valence-corrected chi connectivity index (χ4v) is 3.69. The predicted molar refractivity (Wildman–Crippen MR) is 68.6 cm³/mol. The van der Waals surface area contributed by atoms with E-state index in [0.717, 1.165) is 17.2 Å². The molecule has 1 aliphatic carbocycles. The van der Waals surface area contributed by atoms with Crippen LogP contribution in [-0.4, -0.2) is 24.8 Å². The molecular weight excluding hydrogens is 289 g/mol. The summed E-state index contributed by atoms with van der Waals surface area (Å²) in [6, 6.07) is 0. The van der Waals surface area contributed by atoms with Gasteiger partial charge in [0.2, 0.25) is 5.82 Å². The van der Waals surface area contributed by atoms with Crippen molar-refractivity contribution in [2.45, 2.75) is 49.1 Å². The summed E-state index contributed by atoms with van der Waals surface area (Å²) < 4.78 is 39.8. The van der Waals surface area contributed by atoms with Gasteiger partial charge >= 0.3 is 6.18 Å². The molecule has 2 aromatic heterocycles. The normalized spacial score (nSPS) is 17.2. The lowest BCUT2D eigenvalue weighted by Gasteiger charge is -2.11. The third kappa shape index (κ3) is 2.36. The molecule has 0 saturated heterocycles. The lowest BCUT2D eigenvalue weighted by atomic mass is 10.4. The van der Waals surface area contributed by atoms with Crippen LogP contribution in [-0.2, 0) is 6.18 Å². The Labute approximate surface area is 117 Å². The number of alkyl halides is 3. The molecule has 4 nitrogen and oxygen atoms in total. The van der Waals surface area contributed by atoms with Crippen molar-refractivity contribution in [1.29, 1.82) is 0 Å². The first kappa shape index (κ1) is 13.7. The molecule has 0 aliphatic heterocycles. The van der Waals surface area contributed by atoms with Gasteiger partial charge in [-0.3, -0.25) is 4.40 Å². The Morgan fingerprint density at radius 2 is 1.95 bits per heavy atom. The zero-order valence-corrected chi connectivity index (χ0v) is 11.6. The number of hydrogen-bond donors (Lipinski definition) is 0. The quantitative estimate of drug-likeness (QED) is 0.852. The molecule has 2 heterocycles. The minimum absolute atomic E-state index is 0.203. The van der Waals surface area contributed by atoms with Crippen LogP contribution < -0.4 is 0 Å². The van der Waals surface area contributed by atoms with Gasteiger partial charge in [-0.1, -0.05) is 24.6 Å². The van der Waals surface area contributed by atoms with Gasteiger partial charge < -0.3 is 0 Å². The van der Waals surface area contributed by atoms with E-state index >= 15 is 0 Å². The molecule has 1 saturated carbocycles. The molecule has 3 rings (SSSR count). The van der Waals surface area contributed by atoms with Crippen LogP contribution in [0.1, 0.15) is 37.2 Å². The van der Waals surface area contributed by atoms with Crippen molar-refractivity contribution in [1.82, 2.24) is 19.6 Å². The maximum Gasteiger partial charge on any atom is 0.452 e. The van der Waals surface area contributed by atoms with E-state index in [1.807, 2.05) is 0 Å². The Hall–Kier alpha value is -1.31. The predicted octanol–water partition coefficient (Wildman–Crippen LogP) is 3.49. The average Bonchev–Trinajstić information content (AvgIpc) is 3.00. The van der Waals surface area contributed by atoms with Crippen LogP contribution in [0.3, 0.4) is 0 Å². The third-order valence-corrected chi connectivity index (χ3v) is 4.73. The number of thioether (sulfide) groups is 1. The van der Waals surface area contributed by atoms with Crippen LogP contribution in [0.4, 0.5) is 13.2 Å². The van der Waals surface area contributed by atoms with Crippen molar-refractivity contribution in [2.75, 3.05) is 0 Å². The van der Waals surface area contributed by atoms with E-state index in [4.69, 9.17) is 0 Å². The molecule has 0 aromatic carbocycles. The van der Waals surface area contributed by atoms with E-state index in [9.17, 15) is 13.2 Å². The van der Waals surface area contributed by atoms with E-state index in [1.54, 1.807) is 6.92 Å². The zero-order chi connectivity index (χ0) is 14.3. The smallest absolute Gasteiger partial charge is 0.272 e. The third-order valence-electron chi connectivity index (χ3n) is 3.41. The summed E-state index contributed by atoms with van der Waals surface area (Å²) in [6.07, 6.45) is 1.42. The van der Waals surface area contributed by atoms with Crippen LogP contribution in [0.15, 0.2) is 11.2 Å². The summed E-state index contributed by atoms with van der Waals surface area (Å²) in [5.74, 6) is -0.985. The highest BCUT2D eigenvalue weighted by Crippen LogP contribution is 2.36. The molecule has 0 unspecified atom stereocenters. The first-order valence-electron chi connectivity index (χ1n) is 6.41. The van der Waals surface area contributed by atoms with Gasteiger partial charge in [0.15, 0.2) is 5.65 Å². The van der Waals surface area contributed by atoms with Crippen LogP contribution in [0.25, 0.3) is 5.65 Å². The SMILES string of the molecule is Cc1cnc(SC2CCCC2)c2nnc(C(F)(F)F)n12. The van der Waals surface area contributed by atoms with Gasteiger partial charge in [0.1, 0.15) is 5.03 Å². The largest absolute Gasteiger partial charge is 0.452 e. The highest BCUT2D eigenvalue weighted by Gasteiger charge is 2.38. The molecule has 2 aromatic rings. The van der Waals surface area contributed by atoms with E-state index in [1.165, 1.54) is 30.8 Å². The molecule has 0 amide bonds. The summed E-state index contributed by atoms with van der Waals surface area (Å²) in [5, 5.41) is 7.94. The summed E-state index contributed by atoms with van der Waals surface area (Å²) in [4.78, 5) is 4.24. The topological polar surface area (TPSA) is 43.1 Å². The van der Waals surface area contributed by atoms with Crippen LogP contribution >= 0.6 is 11.8 Å². The Balaban J connectivity index is 2.06. The van der Waals surface area contributed by atoms with Crippen molar-refractivity contribution in [3.63, 3.8) is 0 Å². The lowest BCUT2D eigenvalue weighted by Crippen LogP contribution is -2.12. The molecule has 0 radical (unpaired) electrons. The standard InChI is InChI=1S/C12H13F3N4S/c1-7-6-16-10(20-8-4-2-3-5-8)9-17-18-11(19(7)9)12(13,14)15/h6,8H,2-5H2,1H3. The van der Waals surface area contributed by atoms with Crippen molar-refractivity contribution in [3.8, 4) is 0 Å². The zero-order valence-electron chi connectivity index (χ0n) is 10.8. The van der Waals surface area contributed by atoms with Gasteiger partial charge in [-0.15, -0.1) is 10.2 Å². The van der Waals surface area contributed by atoms with Gasteiger partial charge in [0.25, 0.3) is 0 Å². The number of aryl methyl sites for hydroxylation is 1. The molecule has 0 spiro atoms. The second-order valence-electron chi connectivity index (χ2n) is 4.91. The molecule has 0 N–H and O–H groups in total. The minimum atomic E-state index is -4.51. The second-order valence-corrected chi connectivity index (χ2v) is 6.20. The van der Waals surface area contributed by atoms with Gasteiger partial charge in [0.05, 0.1) is 0 Å². The van der Waals surface area contributed by atoms with E-state index < -0.39 is 12.0 Å². The molecule has 20 heavy (non-hydrogen) atoms. The summed E-state index contributed by atoms with van der Waals surface area (Å²) in [6.45, 7) is 1.57. The fourth-order valence-electron chi connectivity index (χ4n) is 2.46. The van der Waals surface area contributed by atoms with Crippen molar-refractivity contribution >= 4 is 17.4 Å². The van der Waals surface area contributed by atoms with Crippen molar-refractivity contribution < 1.29 is 13.2 Å². The maximum absolute atomic E-state index is 12.9. The Morgan fingerprint density at radius 3 is 2.60 bits per heavy atom. The van der Waals surface area contributed by atoms with Crippen molar-refractivity contribution in [2.24, 2.45) is 0 Å². The van der Waals surface area contributed by atoms with E-state index in [2.05, 4.69) is 15.2 Å². The molecule has 0 atom stereocenters. The van der Waals surface area contributed by atoms with Crippen LogP contribution in [0, 0.1) is 6.92 Å². The summed E-state index contributed by atoms with van der Waals surface area (Å²) >= 11 is 1.51. The van der Waals surface area contributed by atoms with Gasteiger partial charge in [-0.2, -0.15) is 13.2 Å². The van der Waals surface area contributed by atoms with Crippen molar-refractivity contribution in [3.05, 3.63) is 17.7 Å². The highest BCUT2D eigenvalue weighted by molar-refractivity contribution is 8.00. The first-order valence-corrected chi connectivity index (χ1v) is 7.29. The summed E-state index contributed by atoms with van der Waals surface area (Å²) in [7, 11) is 0. The van der Waals surface area contributed by atoms with E-state index in [-0.39, 0.29) is 5.65 Å². The molecule has 0 bridgehead atoms. The monoisotopic (exact) mass is 302 g/mol. The van der Waals surface area contributed by atoms with Gasteiger partial charge in [-0.05, 0) is 19.8 Å². The number of fused-ring (bicyclic) bond motifs is 1. The number of halogens is 3. The Kier molecular flexibility index (Phi) is 3.35. The van der Waals surface area contributed by atoms with Gasteiger partial charge in [-0.25, -0.2) is 4.98 Å². The molecule has 8 heteroatoms. The van der Waals surface area contributed by atoms with E-state index in [0.29, 0.717) is 16.0 Å². The molecule has 1 aliphatic rings. The Bertz CT molecular complexity index is 631. The maximum atomic E-state index is 12.9. The number of aromatic nitrogens is 4.